The first-order valence-electron chi connectivity index (χ1n) is 8.38. The minimum atomic E-state index is -0.435. The first-order valence-corrected chi connectivity index (χ1v) is 8.38. The van der Waals surface area contributed by atoms with Crippen LogP contribution in [0, 0.1) is 0 Å². The van der Waals surface area contributed by atoms with Gasteiger partial charge in [0.2, 0.25) is 0 Å². The maximum atomic E-state index is 10.9. The molecule has 2 aromatic rings. The van der Waals surface area contributed by atoms with Gasteiger partial charge >= 0.3 is 0 Å². The molecule has 114 valence electrons. The molecule has 0 aromatic heterocycles. The minimum Gasteiger partial charge on any atom is -0.391 e. The Bertz CT molecular complexity index is 640. The van der Waals surface area contributed by atoms with Crippen molar-refractivity contribution in [2.75, 3.05) is 13.1 Å². The maximum absolute atomic E-state index is 10.9. The summed E-state index contributed by atoms with van der Waals surface area (Å²) in [5.41, 5.74) is 4.73. The highest BCUT2D eigenvalue weighted by atomic mass is 16.3. The molecule has 0 unspecified atom stereocenters. The standard InChI is InChI=1S/C20H23NO/c1-15(22)20(21-13-7-2-8-14-21)18-11-5-3-9-16(18)17-10-4-6-12-19(17)20/h3-6,9-12,15,22H,2,7-8,13-14H2,1H3/t15-/m0/s1. The first-order chi connectivity index (χ1) is 10.8. The number of aliphatic hydroxyl groups is 1. The smallest absolute Gasteiger partial charge is 0.0988 e. The fraction of sp³-hybridized carbons (Fsp3) is 0.400. The molecule has 0 bridgehead atoms. The van der Waals surface area contributed by atoms with Gasteiger partial charge in [0.25, 0.3) is 0 Å². The van der Waals surface area contributed by atoms with E-state index in [1.54, 1.807) is 0 Å². The van der Waals surface area contributed by atoms with E-state index in [9.17, 15) is 5.11 Å². The van der Waals surface area contributed by atoms with Crippen LogP contribution in [0.25, 0.3) is 11.1 Å². The molecule has 0 saturated carbocycles. The van der Waals surface area contributed by atoms with E-state index in [1.165, 1.54) is 41.5 Å². The van der Waals surface area contributed by atoms with Gasteiger partial charge in [-0.2, -0.15) is 0 Å². The van der Waals surface area contributed by atoms with Gasteiger partial charge in [-0.05, 0) is 55.1 Å². The predicted molar refractivity (Wildman–Crippen MR) is 89.8 cm³/mol. The topological polar surface area (TPSA) is 23.5 Å². The molecule has 2 aromatic carbocycles. The van der Waals surface area contributed by atoms with Crippen LogP contribution >= 0.6 is 0 Å². The molecule has 1 fully saturated rings. The Morgan fingerprint density at radius 3 is 1.86 bits per heavy atom. The van der Waals surface area contributed by atoms with Gasteiger partial charge in [-0.1, -0.05) is 55.0 Å². The van der Waals surface area contributed by atoms with Crippen LogP contribution in [0.3, 0.4) is 0 Å². The molecule has 4 rings (SSSR count). The largest absolute Gasteiger partial charge is 0.391 e. The summed E-state index contributed by atoms with van der Waals surface area (Å²) in [6, 6.07) is 17.2. The quantitative estimate of drug-likeness (QED) is 0.911. The van der Waals surface area contributed by atoms with E-state index in [2.05, 4.69) is 53.4 Å². The van der Waals surface area contributed by atoms with Crippen molar-refractivity contribution in [2.45, 2.75) is 37.8 Å². The van der Waals surface area contributed by atoms with Crippen LogP contribution in [-0.2, 0) is 5.54 Å². The molecule has 1 heterocycles. The SMILES string of the molecule is C[C@H](O)C1(N2CCCCC2)c2ccccc2-c2ccccc21. The Morgan fingerprint density at radius 1 is 0.864 bits per heavy atom. The van der Waals surface area contributed by atoms with Gasteiger partial charge in [-0.25, -0.2) is 0 Å². The monoisotopic (exact) mass is 293 g/mol. The van der Waals surface area contributed by atoms with Crippen molar-refractivity contribution in [3.63, 3.8) is 0 Å². The Labute approximate surface area is 132 Å². The van der Waals surface area contributed by atoms with Crippen molar-refractivity contribution in [1.82, 2.24) is 4.90 Å². The molecular formula is C20H23NO. The number of piperidine rings is 1. The molecule has 1 N–H and O–H groups in total. The van der Waals surface area contributed by atoms with Crippen molar-refractivity contribution in [3.05, 3.63) is 59.7 Å². The second kappa shape index (κ2) is 5.22. The number of benzene rings is 2. The summed E-state index contributed by atoms with van der Waals surface area (Å²) in [7, 11) is 0. The summed E-state index contributed by atoms with van der Waals surface area (Å²) in [6.07, 6.45) is 3.31. The van der Waals surface area contributed by atoms with Crippen LogP contribution in [0.1, 0.15) is 37.3 Å². The van der Waals surface area contributed by atoms with E-state index in [-0.39, 0.29) is 5.54 Å². The van der Waals surface area contributed by atoms with Crippen LogP contribution in [-0.4, -0.2) is 29.2 Å². The van der Waals surface area contributed by atoms with Crippen molar-refractivity contribution >= 4 is 0 Å². The Balaban J connectivity index is 2.01. The van der Waals surface area contributed by atoms with Crippen molar-refractivity contribution in [2.24, 2.45) is 0 Å². The Morgan fingerprint density at radius 2 is 1.36 bits per heavy atom. The molecule has 0 amide bonds. The molecule has 2 nitrogen and oxygen atoms in total. The lowest BCUT2D eigenvalue weighted by Gasteiger charge is -2.47. The van der Waals surface area contributed by atoms with Gasteiger partial charge in [-0.15, -0.1) is 0 Å². The Hall–Kier alpha value is -1.64. The van der Waals surface area contributed by atoms with Gasteiger partial charge in [-0.3, -0.25) is 4.90 Å². The number of aliphatic hydroxyl groups excluding tert-OH is 1. The fourth-order valence-corrected chi connectivity index (χ4v) is 4.55. The second-order valence-corrected chi connectivity index (χ2v) is 6.58. The molecule has 22 heavy (non-hydrogen) atoms. The zero-order valence-corrected chi connectivity index (χ0v) is 13.1. The van der Waals surface area contributed by atoms with Crippen LogP contribution in [0.4, 0.5) is 0 Å². The van der Waals surface area contributed by atoms with Gasteiger partial charge < -0.3 is 5.11 Å². The van der Waals surface area contributed by atoms with Crippen LogP contribution in [0.5, 0.6) is 0 Å². The van der Waals surface area contributed by atoms with Gasteiger partial charge in [0.1, 0.15) is 0 Å². The van der Waals surface area contributed by atoms with E-state index in [1.807, 2.05) is 6.92 Å². The lowest BCUT2D eigenvalue weighted by atomic mass is 9.80. The molecule has 2 aliphatic rings. The second-order valence-electron chi connectivity index (χ2n) is 6.58. The third-order valence-electron chi connectivity index (χ3n) is 5.43. The molecule has 0 spiro atoms. The third kappa shape index (κ3) is 1.74. The zero-order valence-electron chi connectivity index (χ0n) is 13.1. The molecule has 1 aliphatic heterocycles. The number of fused-ring (bicyclic) bond motifs is 3. The van der Waals surface area contributed by atoms with E-state index >= 15 is 0 Å². The van der Waals surface area contributed by atoms with Crippen molar-refractivity contribution in [3.8, 4) is 11.1 Å². The summed E-state index contributed by atoms with van der Waals surface area (Å²) in [5, 5.41) is 10.9. The van der Waals surface area contributed by atoms with Gasteiger partial charge in [0, 0.05) is 0 Å². The van der Waals surface area contributed by atoms with E-state index < -0.39 is 6.10 Å². The van der Waals surface area contributed by atoms with Crippen molar-refractivity contribution < 1.29 is 5.11 Å². The summed E-state index contributed by atoms with van der Waals surface area (Å²) in [4.78, 5) is 2.52. The molecule has 1 atom stereocenters. The highest BCUT2D eigenvalue weighted by Gasteiger charge is 2.50. The normalized spacial score (nSPS) is 21.2. The van der Waals surface area contributed by atoms with E-state index in [0.29, 0.717) is 0 Å². The summed E-state index contributed by atoms with van der Waals surface area (Å²) < 4.78 is 0. The van der Waals surface area contributed by atoms with E-state index in [4.69, 9.17) is 0 Å². The van der Waals surface area contributed by atoms with Gasteiger partial charge in [0.15, 0.2) is 0 Å². The fourth-order valence-electron chi connectivity index (χ4n) is 4.55. The maximum Gasteiger partial charge on any atom is 0.0988 e. The third-order valence-corrected chi connectivity index (χ3v) is 5.43. The lowest BCUT2D eigenvalue weighted by Crippen LogP contribution is -2.54. The lowest BCUT2D eigenvalue weighted by molar-refractivity contribution is -0.00752. The van der Waals surface area contributed by atoms with Gasteiger partial charge in [0.05, 0.1) is 11.6 Å². The number of rotatable bonds is 2. The molecule has 0 radical (unpaired) electrons. The average Bonchev–Trinajstić information content (AvgIpc) is 2.87. The van der Waals surface area contributed by atoms with Crippen LogP contribution in [0.15, 0.2) is 48.5 Å². The number of likely N-dealkylation sites (tertiary alicyclic amines) is 1. The van der Waals surface area contributed by atoms with Crippen molar-refractivity contribution in [1.29, 1.82) is 0 Å². The summed E-state index contributed by atoms with van der Waals surface area (Å²) in [5.74, 6) is 0. The highest BCUT2D eigenvalue weighted by Crippen LogP contribution is 2.52. The predicted octanol–water partition coefficient (Wildman–Crippen LogP) is 3.78. The molecule has 1 aliphatic carbocycles. The summed E-state index contributed by atoms with van der Waals surface area (Å²) in [6.45, 7) is 4.08. The van der Waals surface area contributed by atoms with E-state index in [0.717, 1.165) is 13.1 Å². The molecule has 1 saturated heterocycles. The molecule has 2 heteroatoms. The highest BCUT2D eigenvalue weighted by molar-refractivity contribution is 5.81. The number of hydrogen-bond donors (Lipinski definition) is 1. The number of hydrogen-bond acceptors (Lipinski definition) is 2. The Kier molecular flexibility index (Phi) is 3.32. The molecular weight excluding hydrogens is 270 g/mol. The number of nitrogens with zero attached hydrogens (tertiary/aromatic N) is 1. The minimum absolute atomic E-state index is 0.381. The first kappa shape index (κ1) is 14.0. The average molecular weight is 293 g/mol. The summed E-state index contributed by atoms with van der Waals surface area (Å²) >= 11 is 0. The zero-order chi connectivity index (χ0) is 15.2. The van der Waals surface area contributed by atoms with Crippen LogP contribution in [0.2, 0.25) is 0 Å². The van der Waals surface area contributed by atoms with Crippen LogP contribution < -0.4 is 0 Å².